The zero-order chi connectivity index (χ0) is 5.70. The van der Waals surface area contributed by atoms with Crippen LogP contribution >= 0.6 is 15.9 Å². The van der Waals surface area contributed by atoms with Crippen LogP contribution in [0.4, 0.5) is 0 Å². The molecule has 0 heterocycles. The van der Waals surface area contributed by atoms with Gasteiger partial charge in [0.15, 0.2) is 0 Å². The van der Waals surface area contributed by atoms with Gasteiger partial charge in [0.2, 0.25) is 0 Å². The van der Waals surface area contributed by atoms with E-state index >= 15 is 0 Å². The van der Waals surface area contributed by atoms with Gasteiger partial charge in [-0.3, -0.25) is 0 Å². The zero-order valence-electron chi connectivity index (χ0n) is 12.3. The summed E-state index contributed by atoms with van der Waals surface area (Å²) < 4.78 is 9.50. The molecule has 0 aromatic heterocycles. The summed E-state index contributed by atoms with van der Waals surface area (Å²) in [6, 6.07) is 0. The molecule has 18 heavy (non-hydrogen) atoms. The summed E-state index contributed by atoms with van der Waals surface area (Å²) in [7, 11) is 3.26. The monoisotopic (exact) mass is 355 g/mol. The van der Waals surface area contributed by atoms with Crippen molar-refractivity contribution in [2.75, 3.05) is 20.8 Å². The molecule has 33 N–H and O–H groups in total. The predicted molar refractivity (Wildman–Crippen MR) is 86.8 cm³/mol. The smallest absolute Gasteiger partial charge is 0.135 e. The van der Waals surface area contributed by atoms with Crippen molar-refractivity contribution in [3.8, 4) is 0 Å². The van der Waals surface area contributed by atoms with Crippen molar-refractivity contribution >= 4 is 15.9 Å². The van der Waals surface area contributed by atoms with Crippen molar-refractivity contribution in [3.05, 3.63) is 0 Å². The summed E-state index contributed by atoms with van der Waals surface area (Å²) in [5.74, 6) is 0. The molecule has 13 nitrogen and oxygen atoms in total. The Kier molecular flexibility index (Phi) is 983. The highest BCUT2D eigenvalue weighted by Gasteiger charge is 1.95. The first-order valence-electron chi connectivity index (χ1n) is 1.97. The molecule has 0 aromatic carbocycles. The van der Waals surface area contributed by atoms with E-state index in [9.17, 15) is 0 Å². The lowest BCUT2D eigenvalue weighted by Crippen LogP contribution is -2.07. The van der Waals surface area contributed by atoms with Gasteiger partial charge in [0.1, 0.15) is 5.01 Å². The van der Waals surface area contributed by atoms with Crippen LogP contribution in [0, 0.1) is 0 Å². The van der Waals surface area contributed by atoms with Gasteiger partial charge >= 0.3 is 0 Å². The second-order valence-corrected chi connectivity index (χ2v) is 2.12. The van der Waals surface area contributed by atoms with Crippen LogP contribution in [-0.4, -0.2) is 25.8 Å². The van der Waals surface area contributed by atoms with Crippen molar-refractivity contribution in [1.29, 1.82) is 0 Å². The average molecular weight is 356 g/mol. The number of alkyl halides is 1. The Morgan fingerprint density at radius 1 is 0.667 bits per heavy atom. The van der Waals surface area contributed by atoms with Gasteiger partial charge in [-0.05, 0) is 0 Å². The molecule has 0 spiro atoms. The molecule has 0 saturated heterocycles. The van der Waals surface area contributed by atoms with Crippen LogP contribution in [0.15, 0.2) is 0 Å². The zero-order valence-corrected chi connectivity index (χ0v) is 13.8. The van der Waals surface area contributed by atoms with Gasteiger partial charge in [-0.2, -0.15) is 0 Å². The maximum absolute atomic E-state index is 4.78. The van der Waals surface area contributed by atoms with Crippen molar-refractivity contribution in [2.24, 2.45) is 0 Å². The summed E-state index contributed by atoms with van der Waals surface area (Å²) in [6.07, 6.45) is 0. The number of hydrogen-bond donors (Lipinski definition) is 11. The largest absolute Gasteiger partial charge is 0.381 e. The lowest BCUT2D eigenvalue weighted by molar-refractivity contribution is 0.0852. The summed E-state index contributed by atoms with van der Waals surface area (Å²) >= 11 is 3.19. The number of hydrogen-bond acceptors (Lipinski definition) is 13. The minimum Gasteiger partial charge on any atom is -0.381 e. The van der Waals surface area contributed by atoms with Crippen molar-refractivity contribution in [1.82, 2.24) is 67.7 Å². The molecule has 0 aliphatic rings. The molecular formula is C4H42BrN11O2. The van der Waals surface area contributed by atoms with Gasteiger partial charge in [0.05, 0.1) is 6.61 Å². The molecular weight excluding hydrogens is 314 g/mol. The molecule has 14 heteroatoms. The Bertz CT molecular complexity index is 58.0. The fourth-order valence-electron chi connectivity index (χ4n) is 0.199. The molecule has 0 fully saturated rings. The van der Waals surface area contributed by atoms with Crippen LogP contribution in [0.3, 0.4) is 0 Å². The molecule has 1 atom stereocenters. The van der Waals surface area contributed by atoms with Crippen molar-refractivity contribution in [2.45, 2.75) is 5.01 Å². The molecule has 0 rings (SSSR count). The lowest BCUT2D eigenvalue weighted by Gasteiger charge is -2.03. The summed E-state index contributed by atoms with van der Waals surface area (Å²) in [5, 5.41) is 0.0394. The number of methoxy groups -OCH3 is 2. The van der Waals surface area contributed by atoms with Gasteiger partial charge in [0.25, 0.3) is 0 Å². The van der Waals surface area contributed by atoms with Gasteiger partial charge < -0.3 is 77.1 Å². The van der Waals surface area contributed by atoms with E-state index in [1.165, 1.54) is 0 Å². The van der Waals surface area contributed by atoms with Crippen LogP contribution in [0.1, 0.15) is 0 Å². The van der Waals surface area contributed by atoms with Crippen LogP contribution in [0.2, 0.25) is 0 Å². The van der Waals surface area contributed by atoms with E-state index in [0.29, 0.717) is 6.61 Å². The molecule has 1 unspecified atom stereocenters. The Morgan fingerprint density at radius 2 is 0.889 bits per heavy atom. The third kappa shape index (κ3) is 145. The van der Waals surface area contributed by atoms with E-state index in [2.05, 4.69) is 15.9 Å². The van der Waals surface area contributed by atoms with E-state index in [1.807, 2.05) is 0 Å². The van der Waals surface area contributed by atoms with Gasteiger partial charge in [0, 0.05) is 14.2 Å². The third-order valence-electron chi connectivity index (χ3n) is 0.553. The summed E-state index contributed by atoms with van der Waals surface area (Å²) in [5.41, 5.74) is 0. The Labute approximate surface area is 119 Å². The fourth-order valence-corrected chi connectivity index (χ4v) is 0.463. The molecule has 0 aliphatic heterocycles. The molecule has 0 amide bonds. The Balaban J connectivity index is -0.00000000327. The standard InChI is InChI=1S/C4H9BrO2.11H3N/c1-6-3-4(5)7-2;;;;;;;;;;;/h4H,3H2,1-2H3;11*1H3. The van der Waals surface area contributed by atoms with E-state index in [4.69, 9.17) is 9.47 Å². The van der Waals surface area contributed by atoms with E-state index in [-0.39, 0.29) is 72.7 Å². The normalized spacial score (nSPS) is 5.50. The third-order valence-corrected chi connectivity index (χ3v) is 1.19. The maximum atomic E-state index is 4.78. The average Bonchev–Trinajstić information content (AvgIpc) is 1.68. The lowest BCUT2D eigenvalue weighted by atomic mass is 10.8. The Morgan fingerprint density at radius 3 is 0.944 bits per heavy atom. The minimum atomic E-state index is 0. The summed E-state index contributed by atoms with van der Waals surface area (Å²) in [4.78, 5) is 0. The quantitative estimate of drug-likeness (QED) is 0.324. The first-order valence-corrected chi connectivity index (χ1v) is 2.88. The van der Waals surface area contributed by atoms with Crippen LogP contribution in [-0.2, 0) is 9.47 Å². The molecule has 132 valence electrons. The molecule has 0 aliphatic carbocycles. The van der Waals surface area contributed by atoms with Crippen molar-refractivity contribution < 1.29 is 9.47 Å². The second kappa shape index (κ2) is 122. The van der Waals surface area contributed by atoms with E-state index < -0.39 is 0 Å². The van der Waals surface area contributed by atoms with Crippen molar-refractivity contribution in [3.63, 3.8) is 0 Å². The number of ether oxygens (including phenoxy) is 2. The molecule has 0 aromatic rings. The number of halogens is 1. The topological polar surface area (TPSA) is 403 Å². The number of rotatable bonds is 3. The van der Waals surface area contributed by atoms with Gasteiger partial charge in [-0.1, -0.05) is 15.9 Å². The fraction of sp³-hybridized carbons (Fsp3) is 1.00. The second-order valence-electron chi connectivity index (χ2n) is 1.10. The predicted octanol–water partition coefficient (Wildman–Crippen LogP) is 2.78. The molecule has 0 saturated carbocycles. The van der Waals surface area contributed by atoms with E-state index in [0.717, 1.165) is 0 Å². The summed E-state index contributed by atoms with van der Waals surface area (Å²) in [6.45, 7) is 0.594. The van der Waals surface area contributed by atoms with Crippen LogP contribution in [0.5, 0.6) is 0 Å². The maximum Gasteiger partial charge on any atom is 0.135 e. The highest BCUT2D eigenvalue weighted by atomic mass is 79.9. The minimum absolute atomic E-state index is 0. The SMILES string of the molecule is COCC(Br)OC.N.N.N.N.N.N.N.N.N.N.N. The Hall–Kier alpha value is -0.0400. The first kappa shape index (κ1) is 145. The molecule has 0 radical (unpaired) electrons. The molecule has 0 bridgehead atoms. The van der Waals surface area contributed by atoms with Gasteiger partial charge in [-0.15, -0.1) is 0 Å². The highest BCUT2D eigenvalue weighted by molar-refractivity contribution is 9.09. The van der Waals surface area contributed by atoms with Gasteiger partial charge in [-0.25, -0.2) is 0 Å². The van der Waals surface area contributed by atoms with Crippen LogP contribution in [0.25, 0.3) is 0 Å². The van der Waals surface area contributed by atoms with Crippen LogP contribution < -0.4 is 67.7 Å². The van der Waals surface area contributed by atoms with E-state index in [1.54, 1.807) is 14.2 Å². The first-order chi connectivity index (χ1) is 3.31. The highest BCUT2D eigenvalue weighted by Crippen LogP contribution is 1.97.